The standard InChI is InChI=1S/C23H21ClN4O2S2/c24-16-4-3-5-17(12-16)26-8-10-27(11-9-26)23(30)18-14-32-21(25-18)13-28-19-6-1-2-7-20(19)31-15-22(28)29/h1-7,12,14H,8-11,13,15H2. The predicted octanol–water partition coefficient (Wildman–Crippen LogP) is 4.40. The van der Waals surface area contributed by atoms with Crippen LogP contribution in [-0.2, 0) is 11.3 Å². The summed E-state index contributed by atoms with van der Waals surface area (Å²) in [7, 11) is 0. The van der Waals surface area contributed by atoms with Crippen LogP contribution in [-0.4, -0.2) is 53.6 Å². The molecule has 1 saturated heterocycles. The zero-order chi connectivity index (χ0) is 22.1. The van der Waals surface area contributed by atoms with Gasteiger partial charge in [0, 0.05) is 47.2 Å². The Kier molecular flexibility index (Phi) is 6.08. The van der Waals surface area contributed by atoms with E-state index < -0.39 is 0 Å². The van der Waals surface area contributed by atoms with Gasteiger partial charge in [-0.1, -0.05) is 29.8 Å². The largest absolute Gasteiger partial charge is 0.368 e. The minimum atomic E-state index is -0.0563. The highest BCUT2D eigenvalue weighted by molar-refractivity contribution is 8.00. The second-order valence-electron chi connectivity index (χ2n) is 7.62. The molecule has 0 spiro atoms. The molecular formula is C23H21ClN4O2S2. The van der Waals surface area contributed by atoms with Gasteiger partial charge in [-0.15, -0.1) is 23.1 Å². The number of nitrogens with zero attached hydrogens (tertiary/aromatic N) is 4. The number of piperazine rings is 1. The van der Waals surface area contributed by atoms with Crippen molar-refractivity contribution in [1.82, 2.24) is 9.88 Å². The van der Waals surface area contributed by atoms with Crippen molar-refractivity contribution in [2.45, 2.75) is 11.4 Å². The Balaban J connectivity index is 1.24. The zero-order valence-corrected chi connectivity index (χ0v) is 19.6. The van der Waals surface area contributed by atoms with Crippen molar-refractivity contribution in [3.63, 3.8) is 0 Å². The van der Waals surface area contributed by atoms with Crippen LogP contribution >= 0.6 is 34.7 Å². The second-order valence-corrected chi connectivity index (χ2v) is 10.0. The van der Waals surface area contributed by atoms with Gasteiger partial charge in [0.05, 0.1) is 18.0 Å². The van der Waals surface area contributed by atoms with Gasteiger partial charge in [-0.2, -0.15) is 0 Å². The molecule has 2 aliphatic rings. The van der Waals surface area contributed by atoms with Crippen LogP contribution in [0.4, 0.5) is 11.4 Å². The molecule has 164 valence electrons. The lowest BCUT2D eigenvalue weighted by Crippen LogP contribution is -2.48. The Morgan fingerprint density at radius 2 is 1.88 bits per heavy atom. The lowest BCUT2D eigenvalue weighted by atomic mass is 10.2. The molecule has 32 heavy (non-hydrogen) atoms. The van der Waals surface area contributed by atoms with Crippen molar-refractivity contribution in [3.8, 4) is 0 Å². The Hall–Kier alpha value is -2.55. The van der Waals surface area contributed by atoms with Crippen LogP contribution in [0.5, 0.6) is 0 Å². The maximum absolute atomic E-state index is 13.0. The summed E-state index contributed by atoms with van der Waals surface area (Å²) in [4.78, 5) is 37.0. The number of anilines is 2. The molecule has 3 aromatic rings. The van der Waals surface area contributed by atoms with Gasteiger partial charge >= 0.3 is 0 Å². The first kappa shape index (κ1) is 21.3. The summed E-state index contributed by atoms with van der Waals surface area (Å²) in [6, 6.07) is 15.7. The number of benzene rings is 2. The Morgan fingerprint density at radius 1 is 1.06 bits per heavy atom. The number of hydrogen-bond donors (Lipinski definition) is 0. The Bertz CT molecular complexity index is 1160. The normalized spacial score (nSPS) is 16.3. The third-order valence-electron chi connectivity index (χ3n) is 5.61. The molecule has 0 radical (unpaired) electrons. The molecule has 1 fully saturated rings. The fourth-order valence-corrected chi connectivity index (χ4v) is 5.82. The number of carbonyl (C=O) groups excluding carboxylic acids is 2. The molecule has 6 nitrogen and oxygen atoms in total. The van der Waals surface area contributed by atoms with Gasteiger partial charge in [0.15, 0.2) is 0 Å². The average molecular weight is 485 g/mol. The molecule has 1 aromatic heterocycles. The van der Waals surface area contributed by atoms with E-state index in [4.69, 9.17) is 11.6 Å². The predicted molar refractivity (Wildman–Crippen MR) is 130 cm³/mol. The molecule has 2 amide bonds. The first-order chi connectivity index (χ1) is 15.6. The van der Waals surface area contributed by atoms with Gasteiger partial charge in [0.1, 0.15) is 10.7 Å². The SMILES string of the molecule is O=C(c1csc(CN2C(=O)CSc3ccccc32)n1)N1CCN(c2cccc(Cl)c2)CC1. The van der Waals surface area contributed by atoms with E-state index in [0.29, 0.717) is 36.1 Å². The van der Waals surface area contributed by atoms with Gasteiger partial charge in [0.25, 0.3) is 5.91 Å². The van der Waals surface area contributed by atoms with Crippen LogP contribution in [0.25, 0.3) is 0 Å². The molecule has 0 unspecified atom stereocenters. The molecular weight excluding hydrogens is 464 g/mol. The molecule has 0 bridgehead atoms. The summed E-state index contributed by atoms with van der Waals surface area (Å²) in [6.45, 7) is 3.15. The lowest BCUT2D eigenvalue weighted by molar-refractivity contribution is -0.116. The molecule has 2 aliphatic heterocycles. The van der Waals surface area contributed by atoms with Gasteiger partial charge in [-0.3, -0.25) is 9.59 Å². The lowest BCUT2D eigenvalue weighted by Gasteiger charge is -2.35. The van der Waals surface area contributed by atoms with Crippen LogP contribution in [0.1, 0.15) is 15.5 Å². The maximum Gasteiger partial charge on any atom is 0.273 e. The van der Waals surface area contributed by atoms with Crippen molar-refractivity contribution in [1.29, 1.82) is 0 Å². The molecule has 0 atom stereocenters. The first-order valence-corrected chi connectivity index (χ1v) is 12.6. The summed E-state index contributed by atoms with van der Waals surface area (Å²) in [5, 5.41) is 3.28. The monoisotopic (exact) mass is 484 g/mol. The van der Waals surface area contributed by atoms with E-state index in [1.807, 2.05) is 53.4 Å². The molecule has 0 aliphatic carbocycles. The Morgan fingerprint density at radius 3 is 2.69 bits per heavy atom. The molecule has 0 N–H and O–H groups in total. The zero-order valence-electron chi connectivity index (χ0n) is 17.2. The van der Waals surface area contributed by atoms with Crippen LogP contribution in [0.15, 0.2) is 58.8 Å². The maximum atomic E-state index is 13.0. The van der Waals surface area contributed by atoms with Gasteiger partial charge < -0.3 is 14.7 Å². The Labute approximate surface area is 199 Å². The van der Waals surface area contributed by atoms with Crippen molar-refractivity contribution in [2.24, 2.45) is 0 Å². The quantitative estimate of drug-likeness (QED) is 0.549. The second kappa shape index (κ2) is 9.13. The number of amides is 2. The van der Waals surface area contributed by atoms with E-state index in [0.717, 1.165) is 34.4 Å². The van der Waals surface area contributed by atoms with E-state index in [1.165, 1.54) is 11.3 Å². The fourth-order valence-electron chi connectivity index (χ4n) is 3.95. The molecule has 5 rings (SSSR count). The number of carbonyl (C=O) groups is 2. The van der Waals surface area contributed by atoms with Gasteiger partial charge in [-0.25, -0.2) is 4.98 Å². The number of rotatable bonds is 4. The molecule has 0 saturated carbocycles. The minimum absolute atomic E-state index is 0.0563. The van der Waals surface area contributed by atoms with Crippen LogP contribution < -0.4 is 9.80 Å². The summed E-state index contributed by atoms with van der Waals surface area (Å²) in [5.74, 6) is 0.429. The highest BCUT2D eigenvalue weighted by Crippen LogP contribution is 2.36. The van der Waals surface area contributed by atoms with E-state index in [-0.39, 0.29) is 11.8 Å². The van der Waals surface area contributed by atoms with E-state index in [1.54, 1.807) is 22.0 Å². The van der Waals surface area contributed by atoms with Gasteiger partial charge in [-0.05, 0) is 30.3 Å². The third kappa shape index (κ3) is 4.35. The van der Waals surface area contributed by atoms with Gasteiger partial charge in [0.2, 0.25) is 5.91 Å². The van der Waals surface area contributed by atoms with Crippen LogP contribution in [0.2, 0.25) is 5.02 Å². The first-order valence-electron chi connectivity index (χ1n) is 10.3. The van der Waals surface area contributed by atoms with E-state index >= 15 is 0 Å². The summed E-state index contributed by atoms with van der Waals surface area (Å²) in [5.41, 5.74) is 2.44. The van der Waals surface area contributed by atoms with Crippen molar-refractivity contribution in [3.05, 3.63) is 69.6 Å². The van der Waals surface area contributed by atoms with Crippen LogP contribution in [0, 0.1) is 0 Å². The van der Waals surface area contributed by atoms with Crippen LogP contribution in [0.3, 0.4) is 0 Å². The molecule has 9 heteroatoms. The topological polar surface area (TPSA) is 56.8 Å². The summed E-state index contributed by atoms with van der Waals surface area (Å²) in [6.07, 6.45) is 0. The number of hydrogen-bond acceptors (Lipinski definition) is 6. The summed E-state index contributed by atoms with van der Waals surface area (Å²) < 4.78 is 0. The van der Waals surface area contributed by atoms with Crippen molar-refractivity contribution < 1.29 is 9.59 Å². The number of para-hydroxylation sites is 1. The molecule has 2 aromatic carbocycles. The number of thiazole rings is 1. The van der Waals surface area contributed by atoms with Crippen molar-refractivity contribution in [2.75, 3.05) is 41.7 Å². The third-order valence-corrected chi connectivity index (χ3v) is 7.73. The van der Waals surface area contributed by atoms with E-state index in [2.05, 4.69) is 9.88 Å². The highest BCUT2D eigenvalue weighted by atomic mass is 35.5. The highest BCUT2D eigenvalue weighted by Gasteiger charge is 2.27. The smallest absolute Gasteiger partial charge is 0.273 e. The number of fused-ring (bicyclic) bond motifs is 1. The molecule has 3 heterocycles. The van der Waals surface area contributed by atoms with E-state index in [9.17, 15) is 9.59 Å². The number of thioether (sulfide) groups is 1. The summed E-state index contributed by atoms with van der Waals surface area (Å²) >= 11 is 9.09. The number of aromatic nitrogens is 1. The number of halogens is 1. The average Bonchev–Trinajstić information content (AvgIpc) is 3.29. The fraction of sp³-hybridized carbons (Fsp3) is 0.261. The minimum Gasteiger partial charge on any atom is -0.368 e. The van der Waals surface area contributed by atoms with Crippen molar-refractivity contribution >= 4 is 57.9 Å².